The van der Waals surface area contributed by atoms with E-state index in [0.29, 0.717) is 0 Å². The number of amides is 1. The zero-order valence-electron chi connectivity index (χ0n) is 13.2. The smallest absolute Gasteiger partial charge is 0.251 e. The van der Waals surface area contributed by atoms with Crippen LogP contribution in [0.15, 0.2) is 92.0 Å². The van der Waals surface area contributed by atoms with Gasteiger partial charge in [-0.25, -0.2) is 0 Å². The Kier molecular flexibility index (Phi) is 5.73. The molecule has 0 aliphatic heterocycles. The van der Waals surface area contributed by atoms with Crippen molar-refractivity contribution in [2.75, 3.05) is 5.32 Å². The van der Waals surface area contributed by atoms with Crippen LogP contribution < -0.4 is 10.9 Å². The van der Waals surface area contributed by atoms with Crippen LogP contribution in [0.3, 0.4) is 0 Å². The summed E-state index contributed by atoms with van der Waals surface area (Å²) in [4.78, 5) is 26.2. The highest BCUT2D eigenvalue weighted by Crippen LogP contribution is 2.33. The van der Waals surface area contributed by atoms with E-state index in [1.807, 2.05) is 54.6 Å². The lowest BCUT2D eigenvalue weighted by molar-refractivity contribution is -0.116. The summed E-state index contributed by atoms with van der Waals surface area (Å²) in [6.07, 6.45) is 1.60. The van der Waals surface area contributed by atoms with Crippen molar-refractivity contribution < 1.29 is 4.79 Å². The van der Waals surface area contributed by atoms with Crippen LogP contribution in [-0.2, 0) is 11.3 Å². The monoisotopic (exact) mass is 414 g/mol. The fourth-order valence-electron chi connectivity index (χ4n) is 2.24. The summed E-state index contributed by atoms with van der Waals surface area (Å²) in [7, 11) is 0. The van der Waals surface area contributed by atoms with Crippen molar-refractivity contribution in [3.05, 3.63) is 87.8 Å². The van der Waals surface area contributed by atoms with Crippen LogP contribution in [-0.4, -0.2) is 10.5 Å². The molecule has 0 radical (unpaired) electrons. The molecule has 0 spiro atoms. The molecule has 4 nitrogen and oxygen atoms in total. The Morgan fingerprint density at radius 1 is 1.00 bits per heavy atom. The van der Waals surface area contributed by atoms with Crippen molar-refractivity contribution in [3.63, 3.8) is 0 Å². The zero-order valence-corrected chi connectivity index (χ0v) is 15.6. The molecular formula is C19H15BrN2O2S. The molecule has 3 rings (SSSR count). The standard InChI is InChI=1S/C19H15BrN2O2S/c20-14-10-11-19(24)22(12-14)13-18(23)21-16-8-4-5-9-17(16)25-15-6-2-1-3-7-15/h1-12H,13H2,(H,21,23). The van der Waals surface area contributed by atoms with Gasteiger partial charge in [-0.3, -0.25) is 9.59 Å². The van der Waals surface area contributed by atoms with Gasteiger partial charge >= 0.3 is 0 Å². The summed E-state index contributed by atoms with van der Waals surface area (Å²) in [6.45, 7) is -0.0391. The van der Waals surface area contributed by atoms with Crippen molar-refractivity contribution in [2.45, 2.75) is 16.3 Å². The quantitative estimate of drug-likeness (QED) is 0.672. The average molecular weight is 415 g/mol. The third kappa shape index (κ3) is 4.84. The van der Waals surface area contributed by atoms with Crippen molar-refractivity contribution in [2.24, 2.45) is 0 Å². The molecule has 1 amide bonds. The first kappa shape index (κ1) is 17.5. The lowest BCUT2D eigenvalue weighted by atomic mass is 10.3. The van der Waals surface area contributed by atoms with Gasteiger partial charge in [-0.2, -0.15) is 0 Å². The molecule has 0 aliphatic carbocycles. The van der Waals surface area contributed by atoms with Crippen molar-refractivity contribution in [1.29, 1.82) is 0 Å². The van der Waals surface area contributed by atoms with E-state index in [-0.39, 0.29) is 18.0 Å². The van der Waals surface area contributed by atoms with Crippen molar-refractivity contribution >= 4 is 39.3 Å². The van der Waals surface area contributed by atoms with E-state index < -0.39 is 0 Å². The normalized spacial score (nSPS) is 10.4. The highest BCUT2D eigenvalue weighted by atomic mass is 79.9. The Hall–Kier alpha value is -2.31. The molecule has 1 heterocycles. The van der Waals surface area contributed by atoms with Gasteiger partial charge in [0.15, 0.2) is 0 Å². The molecule has 3 aromatic rings. The fraction of sp³-hybridized carbons (Fsp3) is 0.0526. The highest BCUT2D eigenvalue weighted by molar-refractivity contribution is 9.10. The number of carbonyl (C=O) groups is 1. The van der Waals surface area contributed by atoms with E-state index in [1.54, 1.807) is 24.0 Å². The third-order valence-electron chi connectivity index (χ3n) is 3.39. The van der Waals surface area contributed by atoms with Crippen LogP contribution >= 0.6 is 27.7 Å². The van der Waals surface area contributed by atoms with Gasteiger partial charge in [0, 0.05) is 26.5 Å². The minimum atomic E-state index is -0.249. The molecule has 25 heavy (non-hydrogen) atoms. The zero-order chi connectivity index (χ0) is 17.6. The van der Waals surface area contributed by atoms with Gasteiger partial charge in [-0.1, -0.05) is 42.1 Å². The average Bonchev–Trinajstić information content (AvgIpc) is 2.61. The van der Waals surface area contributed by atoms with E-state index in [4.69, 9.17) is 0 Å². The molecule has 0 bridgehead atoms. The Morgan fingerprint density at radius 2 is 1.72 bits per heavy atom. The first-order valence-corrected chi connectivity index (χ1v) is 9.20. The second-order valence-corrected chi connectivity index (χ2v) is 7.30. The Balaban J connectivity index is 1.75. The number of nitrogens with zero attached hydrogens (tertiary/aromatic N) is 1. The number of rotatable bonds is 5. The molecule has 0 atom stereocenters. The number of para-hydroxylation sites is 1. The summed E-state index contributed by atoms with van der Waals surface area (Å²) < 4.78 is 2.12. The fourth-order valence-corrected chi connectivity index (χ4v) is 3.55. The maximum atomic E-state index is 12.4. The molecule has 0 unspecified atom stereocenters. The molecule has 1 N–H and O–H groups in total. The van der Waals surface area contributed by atoms with E-state index in [1.165, 1.54) is 10.6 Å². The maximum Gasteiger partial charge on any atom is 0.251 e. The van der Waals surface area contributed by atoms with Crippen molar-refractivity contribution in [1.82, 2.24) is 4.57 Å². The van der Waals surface area contributed by atoms with Gasteiger partial charge in [0.2, 0.25) is 5.91 Å². The Bertz CT molecular complexity index is 941. The van der Waals surface area contributed by atoms with Crippen molar-refractivity contribution in [3.8, 4) is 0 Å². The number of carbonyl (C=O) groups excluding carboxylic acids is 1. The van der Waals surface area contributed by atoms with E-state index in [0.717, 1.165) is 20.0 Å². The largest absolute Gasteiger partial charge is 0.324 e. The van der Waals surface area contributed by atoms with E-state index >= 15 is 0 Å². The van der Waals surface area contributed by atoms with Crippen LogP contribution in [0.4, 0.5) is 5.69 Å². The number of anilines is 1. The van der Waals surface area contributed by atoms with Gasteiger partial charge in [-0.15, -0.1) is 0 Å². The summed E-state index contributed by atoms with van der Waals surface area (Å²) in [5, 5.41) is 2.89. The van der Waals surface area contributed by atoms with Gasteiger partial charge < -0.3 is 9.88 Å². The van der Waals surface area contributed by atoms with Gasteiger partial charge in [0.25, 0.3) is 5.56 Å². The number of hydrogen-bond acceptors (Lipinski definition) is 3. The summed E-state index contributed by atoms with van der Waals surface area (Å²) >= 11 is 4.88. The van der Waals surface area contributed by atoms with Gasteiger partial charge in [0.1, 0.15) is 6.54 Å². The molecule has 0 fully saturated rings. The summed E-state index contributed by atoms with van der Waals surface area (Å²) in [5.74, 6) is -0.249. The summed E-state index contributed by atoms with van der Waals surface area (Å²) in [6, 6.07) is 20.6. The second-order valence-electron chi connectivity index (χ2n) is 5.27. The Morgan fingerprint density at radius 3 is 2.52 bits per heavy atom. The third-order valence-corrected chi connectivity index (χ3v) is 4.95. The predicted octanol–water partition coefficient (Wildman–Crippen LogP) is 4.40. The number of benzene rings is 2. The first-order valence-electron chi connectivity index (χ1n) is 7.59. The molecule has 0 saturated carbocycles. The summed E-state index contributed by atoms with van der Waals surface area (Å²) in [5.41, 5.74) is 0.509. The molecule has 6 heteroatoms. The number of pyridine rings is 1. The number of hydrogen-bond donors (Lipinski definition) is 1. The molecule has 126 valence electrons. The van der Waals surface area contributed by atoms with Crippen LogP contribution in [0.2, 0.25) is 0 Å². The number of halogens is 1. The SMILES string of the molecule is O=C(Cn1cc(Br)ccc1=O)Nc1ccccc1Sc1ccccc1. The minimum Gasteiger partial charge on any atom is -0.324 e. The minimum absolute atomic E-state index is 0.0391. The van der Waals surface area contributed by atoms with Crippen LogP contribution in [0, 0.1) is 0 Å². The maximum absolute atomic E-state index is 12.4. The van der Waals surface area contributed by atoms with Crippen LogP contribution in [0.1, 0.15) is 0 Å². The lowest BCUT2D eigenvalue weighted by Gasteiger charge is -2.11. The van der Waals surface area contributed by atoms with Gasteiger partial charge in [-0.05, 0) is 46.3 Å². The van der Waals surface area contributed by atoms with Crippen LogP contribution in [0.5, 0.6) is 0 Å². The second kappa shape index (κ2) is 8.18. The number of nitrogens with one attached hydrogen (secondary N) is 1. The molecule has 0 aliphatic rings. The topological polar surface area (TPSA) is 51.1 Å². The Labute approximate surface area is 158 Å². The molecule has 2 aromatic carbocycles. The molecule has 1 aromatic heterocycles. The van der Waals surface area contributed by atoms with Gasteiger partial charge in [0.05, 0.1) is 5.69 Å². The molecular weight excluding hydrogens is 400 g/mol. The van der Waals surface area contributed by atoms with Crippen LogP contribution in [0.25, 0.3) is 0 Å². The first-order chi connectivity index (χ1) is 12.1. The lowest BCUT2D eigenvalue weighted by Crippen LogP contribution is -2.26. The van der Waals surface area contributed by atoms with E-state index in [2.05, 4.69) is 21.2 Å². The number of aromatic nitrogens is 1. The van der Waals surface area contributed by atoms with E-state index in [9.17, 15) is 9.59 Å². The predicted molar refractivity (Wildman–Crippen MR) is 104 cm³/mol. The molecule has 0 saturated heterocycles. The highest BCUT2D eigenvalue weighted by Gasteiger charge is 2.09.